The molecule has 824 valence electrons. The zero-order valence-electron chi connectivity index (χ0n) is 95.1. The molecule has 0 amide bonds. The zero-order chi connectivity index (χ0) is 102. The van der Waals surface area contributed by atoms with E-state index in [0.29, 0.717) is 39.3 Å². The normalized spacial score (nSPS) is 17.8. The van der Waals surface area contributed by atoms with Crippen molar-refractivity contribution >= 4 is 5.78 Å². The number of nitrogens with one attached hydrogen (secondary N) is 2. The number of aromatic amines is 2. The Morgan fingerprint density at radius 1 is 0.331 bits per heavy atom. The van der Waals surface area contributed by atoms with Gasteiger partial charge in [0.1, 0.15) is 65.1 Å². The summed E-state index contributed by atoms with van der Waals surface area (Å²) in [6.45, 7) is 126. The number of allylic oxidation sites excluding steroid dienone is 9. The molecule has 139 heavy (non-hydrogen) atoms. The number of imidazole rings is 1. The lowest BCUT2D eigenvalue weighted by atomic mass is 9.74. The minimum absolute atomic E-state index is 0. The van der Waals surface area contributed by atoms with Gasteiger partial charge < -0.3 is 57.2 Å². The molecule has 1 aliphatic carbocycles. The van der Waals surface area contributed by atoms with Gasteiger partial charge in [-0.25, -0.2) is 4.98 Å². The molecule has 1 atom stereocenters. The van der Waals surface area contributed by atoms with Crippen molar-refractivity contribution in [3.8, 4) is 0 Å². The number of ketones is 1. The van der Waals surface area contributed by atoms with Gasteiger partial charge in [-0.2, -0.15) is 15.4 Å². The summed E-state index contributed by atoms with van der Waals surface area (Å²) in [6.07, 6.45) is 6.66. The van der Waals surface area contributed by atoms with Gasteiger partial charge in [-0.15, -0.1) is 0 Å². The highest BCUT2D eigenvalue weighted by atomic mass is 16.7. The van der Waals surface area contributed by atoms with Crippen LogP contribution in [0.1, 0.15) is 531 Å². The van der Waals surface area contributed by atoms with Crippen molar-refractivity contribution in [1.82, 2.24) is 30.5 Å². The van der Waals surface area contributed by atoms with Gasteiger partial charge in [0.15, 0.2) is 11.6 Å². The molecule has 6 aliphatic heterocycles. The molecular weight excluding hydrogens is 1730 g/mol. The largest absolute Gasteiger partial charge is 0.497 e. The average Bonchev–Trinajstić information content (AvgIpc) is 1.61. The zero-order valence-corrected chi connectivity index (χ0v) is 95.1. The van der Waals surface area contributed by atoms with E-state index in [0.717, 1.165) is 107 Å². The Hall–Kier alpha value is -5.85. The molecule has 1 unspecified atom stereocenters. The van der Waals surface area contributed by atoms with Gasteiger partial charge in [0, 0.05) is 120 Å². The van der Waals surface area contributed by atoms with Crippen LogP contribution in [0, 0.1) is 78.8 Å². The number of ether oxygens (including phenoxy) is 9. The van der Waals surface area contributed by atoms with Crippen LogP contribution in [0.15, 0.2) is 72.7 Å². The van der Waals surface area contributed by atoms with Gasteiger partial charge in [0.2, 0.25) is 0 Å². The van der Waals surface area contributed by atoms with Crippen molar-refractivity contribution in [3.63, 3.8) is 0 Å². The number of rotatable bonds is 1. The van der Waals surface area contributed by atoms with Crippen molar-refractivity contribution in [3.05, 3.63) is 114 Å². The maximum Gasteiger partial charge on any atom is 0.250 e. The first-order valence-electron chi connectivity index (χ1n) is 48.8. The first kappa shape index (κ1) is 148. The van der Waals surface area contributed by atoms with Crippen LogP contribution >= 0.6 is 0 Å². The molecule has 1 saturated carbocycles. The molecule has 0 saturated heterocycles. The number of aromatic nitrogens is 6. The fourth-order valence-corrected chi connectivity index (χ4v) is 16.4. The Morgan fingerprint density at radius 2 is 0.676 bits per heavy atom. The topological polar surface area (TPSA) is 217 Å². The molecule has 3 N–H and O–H groups in total. The van der Waals surface area contributed by atoms with Crippen LogP contribution in [0.25, 0.3) is 0 Å². The molecular formula is C121H238N6O12. The van der Waals surface area contributed by atoms with Crippen molar-refractivity contribution in [2.75, 3.05) is 53.4 Å². The number of aliphatic hydroxyl groups is 1. The second-order valence-corrected chi connectivity index (χ2v) is 55.7. The molecule has 1 fully saturated rings. The highest BCUT2D eigenvalue weighted by Gasteiger charge is 2.53. The van der Waals surface area contributed by atoms with Crippen LogP contribution in [0.5, 0.6) is 0 Å². The third kappa shape index (κ3) is 44.2. The van der Waals surface area contributed by atoms with Crippen LogP contribution in [-0.2, 0) is 79.9 Å². The monoisotopic (exact) mass is 1970 g/mol. The van der Waals surface area contributed by atoms with Gasteiger partial charge in [0.25, 0.3) is 5.79 Å². The van der Waals surface area contributed by atoms with Crippen LogP contribution in [0.4, 0.5) is 0 Å². The Bertz CT molecular complexity index is 4110. The summed E-state index contributed by atoms with van der Waals surface area (Å²) < 4.78 is 57.5. The van der Waals surface area contributed by atoms with Crippen LogP contribution in [0.2, 0.25) is 0 Å². The summed E-state index contributed by atoms with van der Waals surface area (Å²) in [5.74, 6) is 7.89. The van der Waals surface area contributed by atoms with E-state index in [1.54, 1.807) is 7.11 Å². The number of Topliss-reactive ketones (excluding diaryl/α,β-unsaturated/α-hetero) is 1. The second kappa shape index (κ2) is 53.0. The SMILES string of the molecule is C.C.C.C.C.C.C.C.C.CC(C)(C)C1=C(C(C)(C)C)C(=O)CCO1.CC(C)(C)C1=C(C(C)(C)C)COC1.CC(C)(C)C1=C(C(C)(C)C)OC2(CCC2)O1.CC(C)(C)C1=C(C(C)(C)C)OCCC1.CC(C)(C)C1=C(C(C)(C)C)OCCO1.CC(C)(C)c1n[nH]nc1C(C)(C)C.COC1(O)CCOC(C(C)(C)C)=C1C(C)(C)C.Cc1nc(C(C)(C)C)c(C(C)(C)C)[nH]1.Cc1noc(C(C)(C)C)c1C(C)(C)C. The van der Waals surface area contributed by atoms with E-state index in [4.69, 9.17) is 47.2 Å². The van der Waals surface area contributed by atoms with Crippen LogP contribution in [-0.4, -0.2) is 106 Å². The lowest BCUT2D eigenvalue weighted by Gasteiger charge is -2.44. The van der Waals surface area contributed by atoms with E-state index < -0.39 is 5.79 Å². The summed E-state index contributed by atoms with van der Waals surface area (Å²) in [5.41, 5.74) is 14.2. The van der Waals surface area contributed by atoms with E-state index in [1.807, 2.05) is 13.8 Å². The van der Waals surface area contributed by atoms with Crippen molar-refractivity contribution in [1.29, 1.82) is 0 Å². The van der Waals surface area contributed by atoms with E-state index >= 15 is 0 Å². The smallest absolute Gasteiger partial charge is 0.250 e. The minimum Gasteiger partial charge on any atom is -0.497 e. The maximum absolute atomic E-state index is 12.0. The molecule has 0 bridgehead atoms. The quantitative estimate of drug-likeness (QED) is 0.152. The number of nitrogens with zero attached hydrogens (tertiary/aromatic N) is 4. The summed E-state index contributed by atoms with van der Waals surface area (Å²) in [4.78, 5) is 19.9. The van der Waals surface area contributed by atoms with Crippen molar-refractivity contribution < 1.29 is 57.1 Å². The summed E-state index contributed by atoms with van der Waals surface area (Å²) >= 11 is 0. The highest BCUT2D eigenvalue weighted by Crippen LogP contribution is 2.55. The Balaban J connectivity index is -0.000000230. The molecule has 18 nitrogen and oxygen atoms in total. The van der Waals surface area contributed by atoms with Gasteiger partial charge in [0.05, 0.1) is 55.8 Å². The average molecular weight is 1970 g/mol. The fourth-order valence-electron chi connectivity index (χ4n) is 16.4. The Morgan fingerprint density at radius 3 is 0.935 bits per heavy atom. The number of carbonyl (C=O) groups is 1. The second-order valence-electron chi connectivity index (χ2n) is 55.7. The molecule has 18 heteroatoms. The number of aryl methyl sites for hydroxylation is 2. The van der Waals surface area contributed by atoms with Crippen molar-refractivity contribution in [2.24, 2.45) is 65.0 Å². The first-order chi connectivity index (χ1) is 57.5. The molecule has 10 rings (SSSR count). The van der Waals surface area contributed by atoms with Gasteiger partial charge >= 0.3 is 0 Å². The third-order valence-corrected chi connectivity index (χ3v) is 22.9. The molecule has 3 aromatic rings. The van der Waals surface area contributed by atoms with Gasteiger partial charge in [-0.05, 0) is 82.3 Å². The summed E-state index contributed by atoms with van der Waals surface area (Å²) in [7, 11) is 1.55. The molecule has 3 aromatic heterocycles. The molecule has 9 heterocycles. The molecule has 0 radical (unpaired) electrons. The summed E-state index contributed by atoms with van der Waals surface area (Å²) in [5, 5.41) is 25.9. The predicted octanol–water partition coefficient (Wildman–Crippen LogP) is 36.5. The number of carbonyl (C=O) groups excluding carboxylic acids is 1. The molecule has 1 spiro atoms. The number of H-pyrrole nitrogens is 2. The molecule has 7 aliphatic rings. The van der Waals surface area contributed by atoms with E-state index in [9.17, 15) is 9.90 Å². The van der Waals surface area contributed by atoms with Crippen LogP contribution < -0.4 is 0 Å². The fraction of sp³-hybridized carbons (Fsp3) is 0.826. The van der Waals surface area contributed by atoms with E-state index in [2.05, 4.69) is 404 Å². The van der Waals surface area contributed by atoms with E-state index in [-0.39, 0.29) is 176 Å². The number of methoxy groups -OCH3 is 1. The maximum atomic E-state index is 12.0. The van der Waals surface area contributed by atoms with Gasteiger partial charge in [-0.3, -0.25) is 4.79 Å². The Labute approximate surface area is 864 Å². The summed E-state index contributed by atoms with van der Waals surface area (Å²) in [6, 6.07) is 0. The molecule has 0 aromatic carbocycles. The number of hydrogen-bond donors (Lipinski definition) is 3. The van der Waals surface area contributed by atoms with Crippen LogP contribution in [0.3, 0.4) is 0 Å². The number of hydrogen-bond acceptors (Lipinski definition) is 16. The lowest BCUT2D eigenvalue weighted by Crippen LogP contribution is -2.45. The highest BCUT2D eigenvalue weighted by molar-refractivity contribution is 5.97. The predicted molar refractivity (Wildman–Crippen MR) is 604 cm³/mol. The van der Waals surface area contributed by atoms with Crippen molar-refractivity contribution in [2.45, 2.75) is 544 Å². The third-order valence-electron chi connectivity index (χ3n) is 22.9. The lowest BCUT2D eigenvalue weighted by molar-refractivity contribution is -0.212. The first-order valence-corrected chi connectivity index (χ1v) is 48.8. The standard InChI is InChI=1S/C14H26O3.C14H24O2.C13H22O2.C13H24O.C12H22N2.C12H21NO.C12H22O2.C12H22O.C10H19N3.9CH4/c1-12(2,3)10-11(13(4,5)6)17-9-8-14(10,15)16-7;1-12(2,3)10-11(13(4,5)6)16-14(15-10)8-7-9-14;1-12(2,3)10-9(14)7-8-15-11(10)13(4,5)6;1-12(2,3)10-8-7-9-14-11(10)13(4,5)6;1-8-13-9(11(2,3)4)10(14-8)12(5,6)7;1-8-9(11(2,3)4)10(14-13-8)12(5,6)7;1-11(2,3)9-10(12(4,5)6)14-8-7-13-9;1-11(2,3)9-7-13-8-10(9)12(4,5)6;1-9(2,3)7-8(10(4,5)6)12-13-11-7;;;;;;;;;/h15H,8-9H2,1-7H3;7-9H2,1-6H3;7-8H2,1-6H3;7-9H2,1-6H3;1-7H3,(H,13,14);1-7H3;7-8H2,1-6H3;7-8H2,1-6H3;1-6H3,(H,11,12,13);9*1H4. The Kier molecular flexibility index (Phi) is 56.6. The van der Waals surface area contributed by atoms with E-state index in [1.165, 1.54) is 58.7 Å². The minimum atomic E-state index is -1.20. The van der Waals surface area contributed by atoms with Gasteiger partial charge in [-0.1, -0.05) is 446 Å².